The Bertz CT molecular complexity index is 1870. The highest BCUT2D eigenvalue weighted by molar-refractivity contribution is 5.80. The number of aliphatic hydroxyl groups excluding tert-OH is 1. The molecule has 0 heterocycles. The molecule has 13 heteroatoms. The van der Waals surface area contributed by atoms with Gasteiger partial charge in [0.25, 0.3) is 0 Å². The van der Waals surface area contributed by atoms with Gasteiger partial charge in [0.05, 0.1) is 33.4 Å². The fraction of sp³-hybridized carbons (Fsp3) is 0.702. The van der Waals surface area contributed by atoms with Crippen molar-refractivity contribution in [2.24, 2.45) is 21.7 Å². The second kappa shape index (κ2) is 18.0. The van der Waals surface area contributed by atoms with E-state index in [0.717, 1.165) is 43.3 Å². The van der Waals surface area contributed by atoms with Crippen LogP contribution in [0.25, 0.3) is 0 Å². The van der Waals surface area contributed by atoms with Crippen LogP contribution in [0.2, 0.25) is 0 Å². The lowest BCUT2D eigenvalue weighted by atomic mass is 9.78. The fourth-order valence-electron chi connectivity index (χ4n) is 9.97. The summed E-state index contributed by atoms with van der Waals surface area (Å²) in [5.41, 5.74) is -0.808. The van der Waals surface area contributed by atoms with E-state index in [-0.39, 0.29) is 11.5 Å². The normalized spacial score (nSPS) is 25.4. The summed E-state index contributed by atoms with van der Waals surface area (Å²) in [6.45, 7) is 1.97. The predicted molar refractivity (Wildman–Crippen MR) is 221 cm³/mol. The zero-order chi connectivity index (χ0) is 43.5. The number of hydrogen-bond donors (Lipinski definition) is 8. The SMILES string of the molecule is CC1(OC2CC2(CCCCCc2c(CCCCC3(C(=O)O)CC3)cc(O)c(O)c2O)C(=O)O)CC=C(O)C(CCCCCC2(C(=O)O)CC2)=C1CCCCC1(C(=O)O)CC1. The molecule has 0 radical (unpaired) electrons. The van der Waals surface area contributed by atoms with Crippen LogP contribution >= 0.6 is 0 Å². The van der Waals surface area contributed by atoms with Gasteiger partial charge in [-0.2, -0.15) is 0 Å². The van der Waals surface area contributed by atoms with E-state index in [4.69, 9.17) is 4.74 Å². The Labute approximate surface area is 352 Å². The van der Waals surface area contributed by atoms with E-state index in [1.54, 1.807) is 6.08 Å². The van der Waals surface area contributed by atoms with E-state index in [1.807, 2.05) is 6.92 Å². The summed E-state index contributed by atoms with van der Waals surface area (Å²) < 4.78 is 6.81. The molecule has 0 aromatic heterocycles. The molecule has 4 fully saturated rings. The first-order valence-corrected chi connectivity index (χ1v) is 22.4. The number of ether oxygens (including phenoxy) is 1. The van der Waals surface area contributed by atoms with Gasteiger partial charge in [-0.05, 0) is 158 Å². The van der Waals surface area contributed by atoms with Gasteiger partial charge in [0.1, 0.15) is 5.76 Å². The van der Waals surface area contributed by atoms with Crippen LogP contribution in [0.15, 0.2) is 29.0 Å². The average Bonchev–Trinajstić information content (AvgIpc) is 4.00. The van der Waals surface area contributed by atoms with Crippen LogP contribution in [-0.4, -0.2) is 76.4 Å². The van der Waals surface area contributed by atoms with E-state index in [9.17, 15) is 60.0 Å². The molecular formula is C47H66O13. The van der Waals surface area contributed by atoms with Gasteiger partial charge in [0.15, 0.2) is 11.5 Å². The van der Waals surface area contributed by atoms with E-state index in [2.05, 4.69) is 0 Å². The van der Waals surface area contributed by atoms with Gasteiger partial charge in [-0.15, -0.1) is 0 Å². The quantitative estimate of drug-likeness (QED) is 0.0290. The number of benzene rings is 1. The van der Waals surface area contributed by atoms with Crippen LogP contribution < -0.4 is 0 Å². The Hall–Kier alpha value is -4.26. The molecule has 8 N–H and O–H groups in total. The minimum absolute atomic E-state index is 0.195. The molecule has 332 valence electrons. The molecule has 0 bridgehead atoms. The molecule has 5 aliphatic rings. The number of phenols is 3. The number of carboxylic acid groups (broad SMARTS) is 4. The van der Waals surface area contributed by atoms with Crippen molar-refractivity contribution in [3.05, 3.63) is 40.2 Å². The lowest BCUT2D eigenvalue weighted by Gasteiger charge is -2.38. The molecule has 60 heavy (non-hydrogen) atoms. The first kappa shape index (κ1) is 45.3. The summed E-state index contributed by atoms with van der Waals surface area (Å²) in [6, 6.07) is 1.46. The van der Waals surface area contributed by atoms with Crippen LogP contribution in [0.5, 0.6) is 17.2 Å². The number of carbonyl (C=O) groups is 4. The molecule has 13 nitrogen and oxygen atoms in total. The number of phenolic OH excluding ortho intramolecular Hbond substituents is 3. The molecule has 3 atom stereocenters. The highest BCUT2D eigenvalue weighted by Crippen LogP contribution is 2.57. The summed E-state index contributed by atoms with van der Waals surface area (Å²) in [5.74, 6) is -4.32. The first-order valence-electron chi connectivity index (χ1n) is 22.4. The van der Waals surface area contributed by atoms with E-state index in [0.29, 0.717) is 146 Å². The maximum Gasteiger partial charge on any atom is 0.312 e. The lowest BCUT2D eigenvalue weighted by Crippen LogP contribution is -2.37. The summed E-state index contributed by atoms with van der Waals surface area (Å²) in [6.07, 6.45) is 17.3. The number of carboxylic acids is 4. The second-order valence-electron chi connectivity index (χ2n) is 19.3. The topological polar surface area (TPSA) is 239 Å². The van der Waals surface area contributed by atoms with Crippen molar-refractivity contribution in [2.45, 2.75) is 186 Å². The van der Waals surface area contributed by atoms with E-state index in [1.165, 1.54) is 6.07 Å². The summed E-state index contributed by atoms with van der Waals surface area (Å²) >= 11 is 0. The first-order chi connectivity index (χ1) is 28.4. The van der Waals surface area contributed by atoms with Crippen LogP contribution in [0, 0.1) is 21.7 Å². The number of aryl methyl sites for hydroxylation is 1. The number of aliphatic carboxylic acids is 4. The molecule has 1 aromatic rings. The van der Waals surface area contributed by atoms with Gasteiger partial charge >= 0.3 is 23.9 Å². The number of aromatic hydroxyl groups is 3. The Morgan fingerprint density at radius 3 is 1.60 bits per heavy atom. The number of rotatable bonds is 28. The zero-order valence-corrected chi connectivity index (χ0v) is 35.2. The minimum Gasteiger partial charge on any atom is -0.508 e. The maximum atomic E-state index is 12.9. The van der Waals surface area contributed by atoms with Gasteiger partial charge in [-0.3, -0.25) is 19.2 Å². The van der Waals surface area contributed by atoms with Crippen molar-refractivity contribution in [2.75, 3.05) is 0 Å². The highest BCUT2D eigenvalue weighted by Gasteiger charge is 2.63. The Morgan fingerprint density at radius 1 is 0.600 bits per heavy atom. The average molecular weight is 839 g/mol. The number of aliphatic hydroxyl groups is 1. The molecule has 6 rings (SSSR count). The van der Waals surface area contributed by atoms with Crippen molar-refractivity contribution in [1.29, 1.82) is 0 Å². The van der Waals surface area contributed by atoms with E-state index >= 15 is 0 Å². The lowest BCUT2D eigenvalue weighted by molar-refractivity contribution is -0.148. The fourth-order valence-corrected chi connectivity index (χ4v) is 9.97. The summed E-state index contributed by atoms with van der Waals surface area (Å²) in [5, 5.41) is 81.8. The van der Waals surface area contributed by atoms with Crippen LogP contribution in [-0.2, 0) is 36.8 Å². The van der Waals surface area contributed by atoms with Crippen molar-refractivity contribution < 1.29 is 64.8 Å². The number of unbranched alkanes of at least 4 members (excludes halogenated alkanes) is 6. The molecular weight excluding hydrogens is 773 g/mol. The Balaban J connectivity index is 1.05. The van der Waals surface area contributed by atoms with Gasteiger partial charge in [-0.25, -0.2) is 0 Å². The van der Waals surface area contributed by atoms with Crippen LogP contribution in [0.1, 0.15) is 172 Å². The Kier molecular flexibility index (Phi) is 13.6. The van der Waals surface area contributed by atoms with Gasteiger partial charge in [-0.1, -0.05) is 38.5 Å². The summed E-state index contributed by atoms with van der Waals surface area (Å²) in [7, 11) is 0. The van der Waals surface area contributed by atoms with Gasteiger partial charge in [0, 0.05) is 12.0 Å². The molecule has 0 aliphatic heterocycles. The second-order valence-corrected chi connectivity index (χ2v) is 19.3. The molecule has 0 spiro atoms. The molecule has 1 aromatic carbocycles. The van der Waals surface area contributed by atoms with Crippen LogP contribution in [0.3, 0.4) is 0 Å². The zero-order valence-electron chi connectivity index (χ0n) is 35.2. The molecule has 4 saturated carbocycles. The molecule has 0 saturated heterocycles. The smallest absolute Gasteiger partial charge is 0.312 e. The highest BCUT2D eigenvalue weighted by atomic mass is 16.5. The maximum absolute atomic E-state index is 12.9. The van der Waals surface area contributed by atoms with E-state index < -0.39 is 68.7 Å². The Morgan fingerprint density at radius 2 is 1.08 bits per heavy atom. The molecule has 3 unspecified atom stereocenters. The third-order valence-corrected chi connectivity index (χ3v) is 15.0. The monoisotopic (exact) mass is 838 g/mol. The minimum atomic E-state index is -1.07. The van der Waals surface area contributed by atoms with Gasteiger partial charge < -0.3 is 45.6 Å². The van der Waals surface area contributed by atoms with Crippen molar-refractivity contribution in [1.82, 2.24) is 0 Å². The van der Waals surface area contributed by atoms with Crippen LogP contribution in [0.4, 0.5) is 0 Å². The number of allylic oxidation sites excluding steroid dienone is 1. The van der Waals surface area contributed by atoms with Crippen molar-refractivity contribution >= 4 is 23.9 Å². The van der Waals surface area contributed by atoms with Crippen molar-refractivity contribution in [3.63, 3.8) is 0 Å². The number of hydrogen-bond acceptors (Lipinski definition) is 9. The van der Waals surface area contributed by atoms with Gasteiger partial charge in [0.2, 0.25) is 5.75 Å². The predicted octanol–water partition coefficient (Wildman–Crippen LogP) is 9.49. The third-order valence-electron chi connectivity index (χ3n) is 15.0. The third kappa shape index (κ3) is 9.92. The summed E-state index contributed by atoms with van der Waals surface area (Å²) in [4.78, 5) is 47.9. The largest absolute Gasteiger partial charge is 0.508 e. The van der Waals surface area contributed by atoms with Crippen molar-refractivity contribution in [3.8, 4) is 17.2 Å². The molecule has 0 amide bonds. The molecule has 5 aliphatic carbocycles. The standard InChI is InChI=1S/C47H66O13/c1-43(21-16-34(48)32(14-5-2-8-17-44(22-23-44)39(52)53)33(43)15-7-11-19-46(26-27-46)41(56)57)60-36-29-47(36,42(58)59)20-9-3-4-13-31-30(28-35(49)38(51)37(31)50)12-6-10-18-45(24-25-45)40(54)55/h16,28,36,48-51H,2-15,17-27,29H2,1H3,(H,52,53)(H,54,55)(H,56,57)(H,58,59).